The zero-order valence-corrected chi connectivity index (χ0v) is 15.8. The van der Waals surface area contributed by atoms with Gasteiger partial charge in [0, 0.05) is 13.0 Å². The Bertz CT molecular complexity index is 1030. The summed E-state index contributed by atoms with van der Waals surface area (Å²) < 4.78 is 15.5. The van der Waals surface area contributed by atoms with Gasteiger partial charge >= 0.3 is 0 Å². The Labute approximate surface area is 167 Å². The van der Waals surface area contributed by atoms with Gasteiger partial charge < -0.3 is 10.6 Å². The first-order valence-corrected chi connectivity index (χ1v) is 9.49. The molecule has 0 aliphatic carbocycles. The molecule has 0 saturated heterocycles. The number of halogens is 1. The first kappa shape index (κ1) is 18.9. The average Bonchev–Trinajstić information content (AvgIpc) is 3.29. The molecule has 4 rings (SSSR count). The maximum atomic E-state index is 13.7. The van der Waals surface area contributed by atoms with E-state index in [1.54, 1.807) is 29.1 Å². The minimum absolute atomic E-state index is 0.0179. The van der Waals surface area contributed by atoms with E-state index in [0.29, 0.717) is 30.6 Å². The topological polar surface area (TPSA) is 76.0 Å². The Morgan fingerprint density at radius 2 is 1.86 bits per heavy atom. The molecule has 0 bridgehead atoms. The van der Waals surface area contributed by atoms with Crippen LogP contribution in [0.3, 0.4) is 0 Å². The van der Waals surface area contributed by atoms with Gasteiger partial charge in [-0.3, -0.25) is 14.3 Å². The molecular formula is C22H21FN4O2. The first-order valence-electron chi connectivity index (χ1n) is 9.49. The SMILES string of the molecule is O=C(Cc1ccccc1F)N[C@H]1Cc2c(C(=O)NCc3ccccc3)cnn2C1. The summed E-state index contributed by atoms with van der Waals surface area (Å²) in [5.74, 6) is -0.825. The zero-order valence-electron chi connectivity index (χ0n) is 15.8. The van der Waals surface area contributed by atoms with Crippen molar-refractivity contribution in [3.8, 4) is 0 Å². The van der Waals surface area contributed by atoms with E-state index in [1.807, 2.05) is 30.3 Å². The van der Waals surface area contributed by atoms with Crippen LogP contribution in [0, 0.1) is 5.82 Å². The first-order chi connectivity index (χ1) is 14.1. The van der Waals surface area contributed by atoms with E-state index >= 15 is 0 Å². The highest BCUT2D eigenvalue weighted by molar-refractivity contribution is 5.95. The van der Waals surface area contributed by atoms with Crippen molar-refractivity contribution in [3.63, 3.8) is 0 Å². The summed E-state index contributed by atoms with van der Waals surface area (Å²) in [6.07, 6.45) is 2.06. The molecule has 0 saturated carbocycles. The lowest BCUT2D eigenvalue weighted by Crippen LogP contribution is -2.37. The Kier molecular flexibility index (Phi) is 5.37. The summed E-state index contributed by atoms with van der Waals surface area (Å²) >= 11 is 0. The molecule has 2 amide bonds. The molecule has 6 nitrogen and oxygen atoms in total. The van der Waals surface area contributed by atoms with Crippen LogP contribution in [0.15, 0.2) is 60.8 Å². The third kappa shape index (κ3) is 4.34. The highest BCUT2D eigenvalue weighted by Gasteiger charge is 2.28. The zero-order chi connectivity index (χ0) is 20.2. The summed E-state index contributed by atoms with van der Waals surface area (Å²) in [4.78, 5) is 24.8. The van der Waals surface area contributed by atoms with Crippen molar-refractivity contribution in [1.29, 1.82) is 0 Å². The lowest BCUT2D eigenvalue weighted by Gasteiger charge is -2.12. The second-order valence-electron chi connectivity index (χ2n) is 7.09. The predicted octanol–water partition coefficient (Wildman–Crippen LogP) is 2.24. The standard InChI is InChI=1S/C22H21FN4O2/c23-19-9-5-4-8-16(19)10-21(28)26-17-11-20-18(13-25-27(20)14-17)22(29)24-12-15-6-2-1-3-7-15/h1-9,13,17H,10-12,14H2,(H,24,29)(H,26,28)/t17-/m0/s1. The minimum Gasteiger partial charge on any atom is -0.351 e. The molecule has 2 heterocycles. The van der Waals surface area contributed by atoms with Crippen molar-refractivity contribution in [2.45, 2.75) is 32.0 Å². The van der Waals surface area contributed by atoms with Crippen molar-refractivity contribution in [2.24, 2.45) is 0 Å². The number of nitrogens with one attached hydrogen (secondary N) is 2. The van der Waals surface area contributed by atoms with E-state index in [4.69, 9.17) is 0 Å². The molecule has 2 aromatic carbocycles. The van der Waals surface area contributed by atoms with E-state index in [2.05, 4.69) is 15.7 Å². The van der Waals surface area contributed by atoms with E-state index < -0.39 is 0 Å². The number of amides is 2. The van der Waals surface area contributed by atoms with Gasteiger partial charge in [-0.15, -0.1) is 0 Å². The van der Waals surface area contributed by atoms with Crippen molar-refractivity contribution < 1.29 is 14.0 Å². The second-order valence-corrected chi connectivity index (χ2v) is 7.09. The third-order valence-electron chi connectivity index (χ3n) is 5.00. The highest BCUT2D eigenvalue weighted by Crippen LogP contribution is 2.19. The summed E-state index contributed by atoms with van der Waals surface area (Å²) in [5, 5.41) is 10.1. The smallest absolute Gasteiger partial charge is 0.255 e. The normalized spacial score (nSPS) is 15.0. The molecule has 7 heteroatoms. The molecular weight excluding hydrogens is 371 g/mol. The van der Waals surface area contributed by atoms with E-state index in [0.717, 1.165) is 11.3 Å². The lowest BCUT2D eigenvalue weighted by molar-refractivity contribution is -0.121. The van der Waals surface area contributed by atoms with Gasteiger partial charge in [0.05, 0.1) is 36.5 Å². The van der Waals surface area contributed by atoms with Gasteiger partial charge in [-0.05, 0) is 17.2 Å². The predicted molar refractivity (Wildman–Crippen MR) is 106 cm³/mol. The Morgan fingerprint density at radius 3 is 2.66 bits per heavy atom. The second kappa shape index (κ2) is 8.26. The highest BCUT2D eigenvalue weighted by atomic mass is 19.1. The molecule has 0 fully saturated rings. The summed E-state index contributed by atoms with van der Waals surface area (Å²) in [6, 6.07) is 15.7. The molecule has 0 radical (unpaired) electrons. The van der Waals surface area contributed by atoms with E-state index in [1.165, 1.54) is 6.07 Å². The number of carbonyl (C=O) groups excluding carboxylic acids is 2. The van der Waals surface area contributed by atoms with Crippen LogP contribution in [-0.2, 0) is 30.7 Å². The fourth-order valence-electron chi connectivity index (χ4n) is 3.54. The van der Waals surface area contributed by atoms with Crippen LogP contribution >= 0.6 is 0 Å². The van der Waals surface area contributed by atoms with Crippen molar-refractivity contribution >= 4 is 11.8 Å². The minimum atomic E-state index is -0.389. The van der Waals surface area contributed by atoms with Gasteiger partial charge in [0.15, 0.2) is 0 Å². The maximum Gasteiger partial charge on any atom is 0.255 e. The molecule has 148 valence electrons. The van der Waals surface area contributed by atoms with Crippen molar-refractivity contribution in [1.82, 2.24) is 20.4 Å². The van der Waals surface area contributed by atoms with Gasteiger partial charge in [-0.1, -0.05) is 48.5 Å². The largest absolute Gasteiger partial charge is 0.351 e. The molecule has 1 aromatic heterocycles. The van der Waals surface area contributed by atoms with Crippen LogP contribution in [0.4, 0.5) is 4.39 Å². The lowest BCUT2D eigenvalue weighted by atomic mass is 10.1. The molecule has 3 aromatic rings. The number of benzene rings is 2. The quantitative estimate of drug-likeness (QED) is 0.676. The number of rotatable bonds is 6. The van der Waals surface area contributed by atoms with E-state index in [-0.39, 0.29) is 30.1 Å². The van der Waals surface area contributed by atoms with Crippen molar-refractivity contribution in [3.05, 3.63) is 89.0 Å². The summed E-state index contributed by atoms with van der Waals surface area (Å²) in [5.41, 5.74) is 2.70. The number of hydrogen-bond donors (Lipinski definition) is 2. The molecule has 0 unspecified atom stereocenters. The molecule has 1 atom stereocenters. The van der Waals surface area contributed by atoms with Crippen LogP contribution < -0.4 is 10.6 Å². The molecule has 1 aliphatic rings. The Balaban J connectivity index is 1.34. The average molecular weight is 392 g/mol. The Morgan fingerprint density at radius 1 is 1.10 bits per heavy atom. The van der Waals surface area contributed by atoms with Crippen LogP contribution in [0.2, 0.25) is 0 Å². The van der Waals surface area contributed by atoms with Gasteiger partial charge in [0.2, 0.25) is 5.91 Å². The maximum absolute atomic E-state index is 13.7. The van der Waals surface area contributed by atoms with Crippen LogP contribution in [0.25, 0.3) is 0 Å². The van der Waals surface area contributed by atoms with Crippen molar-refractivity contribution in [2.75, 3.05) is 0 Å². The summed E-state index contributed by atoms with van der Waals surface area (Å²) in [6.45, 7) is 0.928. The number of aromatic nitrogens is 2. The van der Waals surface area contributed by atoms with Crippen LogP contribution in [0.1, 0.15) is 27.2 Å². The number of fused-ring (bicyclic) bond motifs is 1. The van der Waals surface area contributed by atoms with Gasteiger partial charge in [-0.2, -0.15) is 5.10 Å². The van der Waals surface area contributed by atoms with Crippen LogP contribution in [0.5, 0.6) is 0 Å². The fourth-order valence-corrected chi connectivity index (χ4v) is 3.54. The molecule has 1 aliphatic heterocycles. The molecule has 29 heavy (non-hydrogen) atoms. The Hall–Kier alpha value is -3.48. The van der Waals surface area contributed by atoms with E-state index in [9.17, 15) is 14.0 Å². The monoisotopic (exact) mass is 392 g/mol. The van der Waals surface area contributed by atoms with Crippen LogP contribution in [-0.4, -0.2) is 27.6 Å². The fraction of sp³-hybridized carbons (Fsp3) is 0.227. The molecule has 2 N–H and O–H groups in total. The number of carbonyl (C=O) groups is 2. The third-order valence-corrected chi connectivity index (χ3v) is 5.00. The number of hydrogen-bond acceptors (Lipinski definition) is 3. The van der Waals surface area contributed by atoms with Gasteiger partial charge in [0.1, 0.15) is 5.82 Å². The number of nitrogens with zero attached hydrogens (tertiary/aromatic N) is 2. The van der Waals surface area contributed by atoms with Gasteiger partial charge in [0.25, 0.3) is 5.91 Å². The molecule has 0 spiro atoms. The summed E-state index contributed by atoms with van der Waals surface area (Å²) in [7, 11) is 0. The van der Waals surface area contributed by atoms with Gasteiger partial charge in [-0.25, -0.2) is 4.39 Å².